The van der Waals surface area contributed by atoms with Crippen molar-refractivity contribution in [1.29, 1.82) is 0 Å². The zero-order valence-corrected chi connectivity index (χ0v) is 18.2. The van der Waals surface area contributed by atoms with E-state index in [2.05, 4.69) is 47.7 Å². The number of methoxy groups -OCH3 is 1. The van der Waals surface area contributed by atoms with Gasteiger partial charge in [0.15, 0.2) is 4.80 Å². The lowest BCUT2D eigenvalue weighted by atomic mass is 10.0. The second kappa shape index (κ2) is 8.78. The van der Waals surface area contributed by atoms with Crippen molar-refractivity contribution in [3.63, 3.8) is 0 Å². The van der Waals surface area contributed by atoms with Crippen LogP contribution in [0.25, 0.3) is 21.3 Å². The molecule has 0 aliphatic heterocycles. The van der Waals surface area contributed by atoms with Crippen LogP contribution in [0.5, 0.6) is 0 Å². The molecular formula is C25H24N2O2S. The lowest BCUT2D eigenvalue weighted by Gasteiger charge is -2.06. The minimum Gasteiger partial charge on any atom is -0.383 e. The smallest absolute Gasteiger partial charge is 0.279 e. The van der Waals surface area contributed by atoms with Crippen molar-refractivity contribution >= 4 is 27.5 Å². The summed E-state index contributed by atoms with van der Waals surface area (Å²) in [5.41, 5.74) is 6.33. The third-order valence-corrected chi connectivity index (χ3v) is 6.29. The van der Waals surface area contributed by atoms with E-state index in [-0.39, 0.29) is 5.91 Å². The maximum absolute atomic E-state index is 12.9. The molecule has 0 bridgehead atoms. The van der Waals surface area contributed by atoms with Gasteiger partial charge in [-0.15, -0.1) is 0 Å². The number of amides is 1. The van der Waals surface area contributed by atoms with Crippen LogP contribution in [0.1, 0.15) is 21.5 Å². The van der Waals surface area contributed by atoms with E-state index in [1.54, 1.807) is 18.4 Å². The van der Waals surface area contributed by atoms with Crippen molar-refractivity contribution in [2.45, 2.75) is 20.4 Å². The standard InChI is InChI=1S/C25H24N2O2S/c1-17-15-22-23(16-18(17)2)30-25(27(22)13-14-29-3)26-24(28)21-11-9-20(10-12-21)19-7-5-4-6-8-19/h4-12,15-16H,13-14H2,1-3H3. The first-order chi connectivity index (χ1) is 14.6. The monoisotopic (exact) mass is 416 g/mol. The van der Waals surface area contributed by atoms with Crippen molar-refractivity contribution in [2.24, 2.45) is 4.99 Å². The van der Waals surface area contributed by atoms with Gasteiger partial charge in [0.1, 0.15) is 0 Å². The molecule has 3 aromatic carbocycles. The number of fused-ring (bicyclic) bond motifs is 1. The van der Waals surface area contributed by atoms with Gasteiger partial charge in [-0.25, -0.2) is 0 Å². The Morgan fingerprint density at radius 3 is 2.33 bits per heavy atom. The molecule has 0 N–H and O–H groups in total. The molecule has 0 radical (unpaired) electrons. The Kier molecular flexibility index (Phi) is 5.93. The summed E-state index contributed by atoms with van der Waals surface area (Å²) in [5.74, 6) is -0.235. The summed E-state index contributed by atoms with van der Waals surface area (Å²) in [7, 11) is 1.68. The first kappa shape index (κ1) is 20.3. The number of aryl methyl sites for hydroxylation is 2. The first-order valence-corrected chi connectivity index (χ1v) is 10.7. The minimum atomic E-state index is -0.235. The number of hydrogen-bond donors (Lipinski definition) is 0. The topological polar surface area (TPSA) is 43.6 Å². The second-order valence-electron chi connectivity index (χ2n) is 7.29. The second-order valence-corrected chi connectivity index (χ2v) is 8.30. The van der Waals surface area contributed by atoms with E-state index in [4.69, 9.17) is 4.74 Å². The van der Waals surface area contributed by atoms with Crippen LogP contribution in [0.15, 0.2) is 71.7 Å². The Bertz CT molecular complexity index is 1250. The number of ether oxygens (including phenoxy) is 1. The highest BCUT2D eigenvalue weighted by Crippen LogP contribution is 2.23. The third-order valence-electron chi connectivity index (χ3n) is 5.25. The SMILES string of the molecule is COCCn1c(=NC(=O)c2ccc(-c3ccccc3)cc2)sc2cc(C)c(C)cc21. The van der Waals surface area contributed by atoms with Crippen LogP contribution in [0.3, 0.4) is 0 Å². The van der Waals surface area contributed by atoms with Gasteiger partial charge in [-0.05, 0) is 60.4 Å². The van der Waals surface area contributed by atoms with Gasteiger partial charge in [0.25, 0.3) is 5.91 Å². The van der Waals surface area contributed by atoms with Crippen molar-refractivity contribution in [3.05, 3.63) is 88.2 Å². The van der Waals surface area contributed by atoms with Gasteiger partial charge in [0, 0.05) is 19.2 Å². The Labute approximate surface area is 180 Å². The van der Waals surface area contributed by atoms with E-state index in [1.807, 2.05) is 42.5 Å². The molecule has 0 fully saturated rings. The summed E-state index contributed by atoms with van der Waals surface area (Å²) in [4.78, 5) is 18.1. The maximum atomic E-state index is 12.9. The summed E-state index contributed by atoms with van der Waals surface area (Å²) < 4.78 is 8.48. The van der Waals surface area contributed by atoms with Gasteiger partial charge in [0.05, 0.1) is 16.8 Å². The van der Waals surface area contributed by atoms with Crippen LogP contribution in [0.4, 0.5) is 0 Å². The van der Waals surface area contributed by atoms with Crippen molar-refractivity contribution < 1.29 is 9.53 Å². The Hall–Kier alpha value is -3.02. The number of aromatic nitrogens is 1. The van der Waals surface area contributed by atoms with E-state index in [1.165, 1.54) is 11.1 Å². The average molecular weight is 417 g/mol. The number of carbonyl (C=O) groups is 1. The molecule has 0 saturated carbocycles. The zero-order valence-electron chi connectivity index (χ0n) is 17.4. The highest BCUT2D eigenvalue weighted by atomic mass is 32.1. The molecule has 0 aliphatic rings. The fourth-order valence-electron chi connectivity index (χ4n) is 3.39. The van der Waals surface area contributed by atoms with E-state index < -0.39 is 0 Å². The summed E-state index contributed by atoms with van der Waals surface area (Å²) in [6.45, 7) is 5.41. The summed E-state index contributed by atoms with van der Waals surface area (Å²) in [5, 5.41) is 0. The van der Waals surface area contributed by atoms with Gasteiger partial charge >= 0.3 is 0 Å². The van der Waals surface area contributed by atoms with E-state index >= 15 is 0 Å². The molecule has 4 nitrogen and oxygen atoms in total. The molecule has 5 heteroatoms. The Morgan fingerprint density at radius 2 is 1.63 bits per heavy atom. The highest BCUT2D eigenvalue weighted by molar-refractivity contribution is 7.16. The van der Waals surface area contributed by atoms with Crippen molar-refractivity contribution in [2.75, 3.05) is 13.7 Å². The molecule has 0 aliphatic carbocycles. The Balaban J connectivity index is 1.72. The van der Waals surface area contributed by atoms with Gasteiger partial charge in [-0.2, -0.15) is 4.99 Å². The van der Waals surface area contributed by atoms with Crippen LogP contribution in [0, 0.1) is 13.8 Å². The Morgan fingerprint density at radius 1 is 0.967 bits per heavy atom. The van der Waals surface area contributed by atoms with Crippen LogP contribution in [-0.2, 0) is 11.3 Å². The van der Waals surface area contributed by atoms with Crippen LogP contribution in [0.2, 0.25) is 0 Å². The highest BCUT2D eigenvalue weighted by Gasteiger charge is 2.11. The largest absolute Gasteiger partial charge is 0.383 e. The van der Waals surface area contributed by atoms with E-state index in [0.29, 0.717) is 23.5 Å². The minimum absolute atomic E-state index is 0.235. The summed E-state index contributed by atoms with van der Waals surface area (Å²) >= 11 is 1.54. The predicted octanol–water partition coefficient (Wildman–Crippen LogP) is 5.37. The van der Waals surface area contributed by atoms with Gasteiger partial charge in [-0.3, -0.25) is 4.79 Å². The fraction of sp³-hybridized carbons (Fsp3) is 0.200. The quantitative estimate of drug-likeness (QED) is 0.439. The van der Waals surface area contributed by atoms with Crippen LogP contribution in [-0.4, -0.2) is 24.2 Å². The lowest BCUT2D eigenvalue weighted by Crippen LogP contribution is -2.19. The molecule has 4 rings (SSSR count). The maximum Gasteiger partial charge on any atom is 0.279 e. The molecule has 152 valence electrons. The molecule has 0 saturated heterocycles. The molecular weight excluding hydrogens is 392 g/mol. The first-order valence-electron chi connectivity index (χ1n) is 9.91. The number of nitrogens with zero attached hydrogens (tertiary/aromatic N) is 2. The van der Waals surface area contributed by atoms with Crippen LogP contribution >= 0.6 is 11.3 Å². The summed E-state index contributed by atoms with van der Waals surface area (Å²) in [6.07, 6.45) is 0. The molecule has 1 amide bonds. The molecule has 1 aromatic heterocycles. The van der Waals surface area contributed by atoms with Gasteiger partial charge in [0.2, 0.25) is 0 Å². The van der Waals surface area contributed by atoms with Gasteiger partial charge in [-0.1, -0.05) is 53.8 Å². The van der Waals surface area contributed by atoms with E-state index in [0.717, 1.165) is 21.3 Å². The third kappa shape index (κ3) is 4.13. The number of benzene rings is 3. The average Bonchev–Trinajstić information content (AvgIpc) is 3.08. The van der Waals surface area contributed by atoms with Crippen LogP contribution < -0.4 is 4.80 Å². The number of thiazole rings is 1. The fourth-order valence-corrected chi connectivity index (χ4v) is 4.53. The lowest BCUT2D eigenvalue weighted by molar-refractivity contribution is 0.0997. The van der Waals surface area contributed by atoms with Gasteiger partial charge < -0.3 is 9.30 Å². The molecule has 0 atom stereocenters. The predicted molar refractivity (Wildman–Crippen MR) is 123 cm³/mol. The normalized spacial score (nSPS) is 11.9. The molecule has 30 heavy (non-hydrogen) atoms. The number of carbonyl (C=O) groups excluding carboxylic acids is 1. The number of hydrogen-bond acceptors (Lipinski definition) is 3. The van der Waals surface area contributed by atoms with E-state index in [9.17, 15) is 4.79 Å². The molecule has 1 heterocycles. The zero-order chi connectivity index (χ0) is 21.1. The molecule has 4 aromatic rings. The molecule has 0 spiro atoms. The van der Waals surface area contributed by atoms with Crippen molar-refractivity contribution in [1.82, 2.24) is 4.57 Å². The summed E-state index contributed by atoms with van der Waals surface area (Å²) in [6, 6.07) is 22.1. The van der Waals surface area contributed by atoms with Crippen molar-refractivity contribution in [3.8, 4) is 11.1 Å². The molecule has 0 unspecified atom stereocenters. The number of rotatable bonds is 5.